The van der Waals surface area contributed by atoms with E-state index in [4.69, 9.17) is 11.6 Å². The molecule has 1 aromatic heterocycles. The lowest BCUT2D eigenvalue weighted by Gasteiger charge is -2.05. The van der Waals surface area contributed by atoms with E-state index in [1.54, 1.807) is 11.3 Å². The minimum atomic E-state index is 0.468. The van der Waals surface area contributed by atoms with Gasteiger partial charge >= 0.3 is 0 Å². The lowest BCUT2D eigenvalue weighted by Crippen LogP contribution is -1.87. The third-order valence-electron chi connectivity index (χ3n) is 2.65. The largest absolute Gasteiger partial charge is 0.239 e. The Kier molecular flexibility index (Phi) is 3.22. The van der Waals surface area contributed by atoms with E-state index in [-0.39, 0.29) is 0 Å². The van der Waals surface area contributed by atoms with Crippen molar-refractivity contribution in [1.82, 2.24) is 4.98 Å². The van der Waals surface area contributed by atoms with E-state index in [2.05, 4.69) is 38.7 Å². The van der Waals surface area contributed by atoms with Crippen molar-refractivity contribution in [3.63, 3.8) is 0 Å². The molecule has 0 N–H and O–H groups in total. The van der Waals surface area contributed by atoms with Crippen LogP contribution < -0.4 is 0 Å². The molecule has 0 aliphatic rings. The highest BCUT2D eigenvalue weighted by Gasteiger charge is 2.12. The van der Waals surface area contributed by atoms with Gasteiger partial charge in [0.1, 0.15) is 5.52 Å². The van der Waals surface area contributed by atoms with Crippen molar-refractivity contribution in [3.05, 3.63) is 27.7 Å². The molecule has 0 unspecified atom stereocenters. The van der Waals surface area contributed by atoms with Crippen LogP contribution in [0.5, 0.6) is 0 Å². The molecule has 1 heterocycles. The van der Waals surface area contributed by atoms with Crippen LogP contribution in [0.3, 0.4) is 0 Å². The minimum absolute atomic E-state index is 0.468. The Balaban J connectivity index is 2.63. The Bertz CT molecular complexity index is 514. The Hall–Kier alpha value is -0.600. The van der Waals surface area contributed by atoms with E-state index in [1.807, 2.05) is 6.07 Å². The molecule has 0 saturated heterocycles. The number of rotatable bonds is 2. The predicted molar refractivity (Wildman–Crippen MR) is 72.8 cm³/mol. The van der Waals surface area contributed by atoms with Gasteiger partial charge in [-0.3, -0.25) is 0 Å². The molecule has 0 radical (unpaired) electrons. The van der Waals surface area contributed by atoms with Gasteiger partial charge in [0.2, 0.25) is 0 Å². The molecule has 0 fully saturated rings. The maximum atomic E-state index is 6.27. The fraction of sp³-hybridized carbons (Fsp3) is 0.462. The van der Waals surface area contributed by atoms with Gasteiger partial charge in [-0.25, -0.2) is 4.98 Å². The second-order valence-corrected chi connectivity index (χ2v) is 6.18. The number of hydrogen-bond acceptors (Lipinski definition) is 2. The van der Waals surface area contributed by atoms with Crippen LogP contribution in [0.15, 0.2) is 12.1 Å². The molecule has 0 saturated carbocycles. The van der Waals surface area contributed by atoms with E-state index in [9.17, 15) is 0 Å². The summed E-state index contributed by atoms with van der Waals surface area (Å²) >= 11 is 8.02. The Morgan fingerprint density at radius 1 is 1.12 bits per heavy atom. The van der Waals surface area contributed by atoms with Gasteiger partial charge in [-0.2, -0.15) is 0 Å². The first kappa shape index (κ1) is 11.9. The summed E-state index contributed by atoms with van der Waals surface area (Å²) in [4.78, 5) is 4.60. The Labute approximate surface area is 105 Å². The van der Waals surface area contributed by atoms with Gasteiger partial charge in [0.05, 0.1) is 14.7 Å². The van der Waals surface area contributed by atoms with Crippen LogP contribution in [0.4, 0.5) is 0 Å². The normalized spacial score (nSPS) is 11.9. The van der Waals surface area contributed by atoms with Gasteiger partial charge in [-0.15, -0.1) is 11.3 Å². The van der Waals surface area contributed by atoms with Crippen molar-refractivity contribution in [2.45, 2.75) is 39.5 Å². The molecule has 0 atom stereocenters. The Morgan fingerprint density at radius 2 is 1.81 bits per heavy atom. The second-order valence-electron chi connectivity index (χ2n) is 4.71. The first-order valence-electron chi connectivity index (χ1n) is 5.59. The molecule has 2 rings (SSSR count). The highest BCUT2D eigenvalue weighted by atomic mass is 35.5. The van der Waals surface area contributed by atoms with Crippen LogP contribution in [0.2, 0.25) is 5.02 Å². The van der Waals surface area contributed by atoms with Crippen molar-refractivity contribution < 1.29 is 0 Å². The molecular weight excluding hydrogens is 238 g/mol. The van der Waals surface area contributed by atoms with E-state index >= 15 is 0 Å². The zero-order valence-corrected chi connectivity index (χ0v) is 11.6. The minimum Gasteiger partial charge on any atom is -0.239 e. The maximum absolute atomic E-state index is 6.27. The van der Waals surface area contributed by atoms with Gasteiger partial charge in [-0.05, 0) is 23.6 Å². The quantitative estimate of drug-likeness (QED) is 0.717. The molecule has 86 valence electrons. The average molecular weight is 254 g/mol. The molecule has 0 spiro atoms. The molecule has 1 nitrogen and oxygen atoms in total. The summed E-state index contributed by atoms with van der Waals surface area (Å²) in [6.45, 7) is 8.69. The summed E-state index contributed by atoms with van der Waals surface area (Å²) in [6, 6.07) is 4.26. The van der Waals surface area contributed by atoms with Crippen LogP contribution in [0, 0.1) is 0 Å². The zero-order valence-electron chi connectivity index (χ0n) is 10.0. The Morgan fingerprint density at radius 3 is 2.38 bits per heavy atom. The van der Waals surface area contributed by atoms with Crippen molar-refractivity contribution in [2.75, 3.05) is 0 Å². The molecule has 2 aromatic rings. The van der Waals surface area contributed by atoms with Gasteiger partial charge in [-0.1, -0.05) is 39.3 Å². The van der Waals surface area contributed by atoms with Crippen LogP contribution >= 0.6 is 22.9 Å². The maximum Gasteiger partial charge on any atom is 0.100 e. The van der Waals surface area contributed by atoms with Crippen LogP contribution in [-0.4, -0.2) is 4.98 Å². The SMILES string of the molecule is CC(C)c1cc(Cl)c2nc(C(C)C)sc2c1. The highest BCUT2D eigenvalue weighted by Crippen LogP contribution is 2.34. The van der Waals surface area contributed by atoms with Crippen molar-refractivity contribution in [2.24, 2.45) is 0 Å². The van der Waals surface area contributed by atoms with Crippen molar-refractivity contribution >= 4 is 33.2 Å². The summed E-state index contributed by atoms with van der Waals surface area (Å²) < 4.78 is 1.21. The van der Waals surface area contributed by atoms with Gasteiger partial charge in [0.25, 0.3) is 0 Å². The van der Waals surface area contributed by atoms with E-state index < -0.39 is 0 Å². The smallest absolute Gasteiger partial charge is 0.100 e. The van der Waals surface area contributed by atoms with Gasteiger partial charge in [0, 0.05) is 5.92 Å². The number of aromatic nitrogens is 1. The first-order chi connectivity index (χ1) is 7.49. The monoisotopic (exact) mass is 253 g/mol. The fourth-order valence-electron chi connectivity index (χ4n) is 1.61. The molecule has 3 heteroatoms. The number of halogens is 1. The summed E-state index contributed by atoms with van der Waals surface area (Å²) in [6.07, 6.45) is 0. The number of hydrogen-bond donors (Lipinski definition) is 0. The summed E-state index contributed by atoms with van der Waals surface area (Å²) in [5.74, 6) is 0.975. The first-order valence-corrected chi connectivity index (χ1v) is 6.78. The highest BCUT2D eigenvalue weighted by molar-refractivity contribution is 7.18. The second kappa shape index (κ2) is 4.34. The fourth-order valence-corrected chi connectivity index (χ4v) is 2.98. The van der Waals surface area contributed by atoms with Crippen LogP contribution in [0.25, 0.3) is 10.2 Å². The van der Waals surface area contributed by atoms with E-state index in [0.29, 0.717) is 11.8 Å². The molecule has 0 aliphatic heterocycles. The third kappa shape index (κ3) is 2.09. The average Bonchev–Trinajstić information content (AvgIpc) is 2.61. The van der Waals surface area contributed by atoms with Crippen molar-refractivity contribution in [1.29, 1.82) is 0 Å². The van der Waals surface area contributed by atoms with E-state index in [0.717, 1.165) is 15.5 Å². The number of nitrogens with zero attached hydrogens (tertiary/aromatic N) is 1. The van der Waals surface area contributed by atoms with Gasteiger partial charge in [0.15, 0.2) is 0 Å². The number of thiazole rings is 1. The van der Waals surface area contributed by atoms with Gasteiger partial charge < -0.3 is 0 Å². The molecule has 0 aliphatic carbocycles. The summed E-state index contributed by atoms with van der Waals surface area (Å²) in [5, 5.41) is 1.95. The lowest BCUT2D eigenvalue weighted by molar-refractivity contribution is 0.856. The standard InChI is InChI=1S/C13H16ClNS/c1-7(2)9-5-10(14)12-11(6-9)16-13(15-12)8(3)4/h5-8H,1-4H3. The summed E-state index contributed by atoms with van der Waals surface area (Å²) in [7, 11) is 0. The molecule has 16 heavy (non-hydrogen) atoms. The van der Waals surface area contributed by atoms with Crippen LogP contribution in [-0.2, 0) is 0 Å². The lowest BCUT2D eigenvalue weighted by atomic mass is 10.0. The molecule has 0 bridgehead atoms. The van der Waals surface area contributed by atoms with Crippen LogP contribution in [0.1, 0.15) is 50.1 Å². The predicted octanol–water partition coefficient (Wildman–Crippen LogP) is 5.20. The summed E-state index contributed by atoms with van der Waals surface area (Å²) in [5.41, 5.74) is 2.25. The molecule has 0 amide bonds. The molecule has 1 aromatic carbocycles. The topological polar surface area (TPSA) is 12.9 Å². The third-order valence-corrected chi connectivity index (χ3v) is 4.24. The zero-order chi connectivity index (χ0) is 11.9. The molecular formula is C13H16ClNS. The van der Waals surface area contributed by atoms with E-state index in [1.165, 1.54) is 10.3 Å². The number of benzene rings is 1. The number of fused-ring (bicyclic) bond motifs is 1. The van der Waals surface area contributed by atoms with Crippen molar-refractivity contribution in [3.8, 4) is 0 Å².